The molecule has 1 N–H and O–H groups in total. The van der Waals surface area contributed by atoms with E-state index in [1.165, 1.54) is 0 Å². The van der Waals surface area contributed by atoms with Gasteiger partial charge in [-0.1, -0.05) is 72.3 Å². The molecule has 4 heteroatoms. The highest BCUT2D eigenvalue weighted by atomic mass is 16.5. The number of rotatable bonds is 6. The van der Waals surface area contributed by atoms with Crippen molar-refractivity contribution in [2.75, 3.05) is 6.61 Å². The molecule has 0 fully saturated rings. The van der Waals surface area contributed by atoms with Gasteiger partial charge in [-0.3, -0.25) is 4.79 Å². The van der Waals surface area contributed by atoms with Gasteiger partial charge in [0.25, 0.3) is 5.91 Å². The average molecular weight is 344 g/mol. The van der Waals surface area contributed by atoms with E-state index in [1.807, 2.05) is 73.7 Å². The predicted octanol–water partition coefficient (Wildman–Crippen LogP) is 4.19. The van der Waals surface area contributed by atoms with Gasteiger partial charge in [-0.05, 0) is 35.7 Å². The molecule has 0 aliphatic heterocycles. The third-order valence-corrected chi connectivity index (χ3v) is 3.78. The van der Waals surface area contributed by atoms with Crippen LogP contribution in [0.3, 0.4) is 0 Å². The molecule has 130 valence electrons. The zero-order valence-electron chi connectivity index (χ0n) is 14.6. The molecular formula is C22H20N2O2. The maximum atomic E-state index is 11.8. The summed E-state index contributed by atoms with van der Waals surface area (Å²) < 4.78 is 5.49. The first kappa shape index (κ1) is 17.4. The first-order valence-electron chi connectivity index (χ1n) is 8.37. The standard InChI is InChI=1S/C22H20N2O2/c1-17-6-5-7-18(14-17)15-23-24-22(25)16-26-21-12-10-20(11-13-21)19-8-3-2-4-9-19/h2-15H,16H2,1H3,(H,24,25). The molecule has 0 saturated heterocycles. The lowest BCUT2D eigenvalue weighted by atomic mass is 10.1. The topological polar surface area (TPSA) is 50.7 Å². The number of ether oxygens (including phenoxy) is 1. The number of carbonyl (C=O) groups excluding carboxylic acids is 1. The van der Waals surface area contributed by atoms with E-state index in [0.29, 0.717) is 5.75 Å². The molecule has 0 heterocycles. The molecule has 26 heavy (non-hydrogen) atoms. The number of nitrogens with zero attached hydrogens (tertiary/aromatic N) is 1. The van der Waals surface area contributed by atoms with Crippen molar-refractivity contribution in [3.05, 3.63) is 90.0 Å². The Morgan fingerprint density at radius 3 is 2.42 bits per heavy atom. The molecule has 3 aromatic carbocycles. The molecule has 0 radical (unpaired) electrons. The Hall–Kier alpha value is -3.40. The van der Waals surface area contributed by atoms with Gasteiger partial charge in [-0.25, -0.2) is 5.43 Å². The monoisotopic (exact) mass is 344 g/mol. The molecule has 0 bridgehead atoms. The van der Waals surface area contributed by atoms with E-state index in [-0.39, 0.29) is 12.5 Å². The third-order valence-electron chi connectivity index (χ3n) is 3.78. The first-order valence-corrected chi connectivity index (χ1v) is 8.37. The largest absolute Gasteiger partial charge is 0.484 e. The summed E-state index contributed by atoms with van der Waals surface area (Å²) in [6, 6.07) is 25.6. The van der Waals surface area contributed by atoms with Crippen molar-refractivity contribution in [1.82, 2.24) is 5.43 Å². The molecule has 0 aromatic heterocycles. The maximum absolute atomic E-state index is 11.8. The van der Waals surface area contributed by atoms with Crippen molar-refractivity contribution in [2.24, 2.45) is 5.10 Å². The highest BCUT2D eigenvalue weighted by molar-refractivity contribution is 5.83. The van der Waals surface area contributed by atoms with Crippen LogP contribution in [0.2, 0.25) is 0 Å². The normalized spacial score (nSPS) is 10.7. The molecule has 0 atom stereocenters. The van der Waals surface area contributed by atoms with Crippen molar-refractivity contribution in [1.29, 1.82) is 0 Å². The average Bonchev–Trinajstić information content (AvgIpc) is 2.68. The number of aryl methyl sites for hydroxylation is 1. The number of benzene rings is 3. The van der Waals surface area contributed by atoms with E-state index in [1.54, 1.807) is 6.21 Å². The van der Waals surface area contributed by atoms with Gasteiger partial charge in [0, 0.05) is 0 Å². The molecule has 3 rings (SSSR count). The van der Waals surface area contributed by atoms with Gasteiger partial charge < -0.3 is 4.74 Å². The Bertz CT molecular complexity index is 888. The molecule has 0 aliphatic rings. The molecule has 0 aliphatic carbocycles. The van der Waals surface area contributed by atoms with Gasteiger partial charge in [-0.15, -0.1) is 0 Å². The van der Waals surface area contributed by atoms with Crippen LogP contribution in [-0.2, 0) is 4.79 Å². The van der Waals surface area contributed by atoms with Gasteiger partial charge in [0.15, 0.2) is 6.61 Å². The highest BCUT2D eigenvalue weighted by Crippen LogP contribution is 2.21. The van der Waals surface area contributed by atoms with Crippen LogP contribution in [0, 0.1) is 6.92 Å². The first-order chi connectivity index (χ1) is 12.7. The van der Waals surface area contributed by atoms with Crippen molar-refractivity contribution in [3.63, 3.8) is 0 Å². The Balaban J connectivity index is 1.48. The number of nitrogens with one attached hydrogen (secondary N) is 1. The number of amides is 1. The second-order valence-electron chi connectivity index (χ2n) is 5.89. The fourth-order valence-corrected chi connectivity index (χ4v) is 2.48. The lowest BCUT2D eigenvalue weighted by Gasteiger charge is -2.06. The van der Waals surface area contributed by atoms with E-state index in [4.69, 9.17) is 4.74 Å². The maximum Gasteiger partial charge on any atom is 0.277 e. The van der Waals surface area contributed by atoms with Crippen LogP contribution in [0.25, 0.3) is 11.1 Å². The summed E-state index contributed by atoms with van der Waals surface area (Å²) in [5.41, 5.74) is 6.78. The SMILES string of the molecule is Cc1cccc(C=NNC(=O)COc2ccc(-c3ccccc3)cc2)c1. The van der Waals surface area contributed by atoms with Crippen LogP contribution in [0.1, 0.15) is 11.1 Å². The number of hydrogen-bond acceptors (Lipinski definition) is 3. The fraction of sp³-hybridized carbons (Fsp3) is 0.0909. The summed E-state index contributed by atoms with van der Waals surface area (Å²) >= 11 is 0. The van der Waals surface area contributed by atoms with E-state index < -0.39 is 0 Å². The van der Waals surface area contributed by atoms with Crippen LogP contribution in [0.15, 0.2) is 84.0 Å². The Morgan fingerprint density at radius 2 is 1.69 bits per heavy atom. The lowest BCUT2D eigenvalue weighted by Crippen LogP contribution is -2.24. The Labute approximate surface area is 153 Å². The summed E-state index contributed by atoms with van der Waals surface area (Å²) in [5.74, 6) is 0.337. The van der Waals surface area contributed by atoms with Gasteiger partial charge in [0.2, 0.25) is 0 Å². The fourth-order valence-electron chi connectivity index (χ4n) is 2.48. The smallest absolute Gasteiger partial charge is 0.277 e. The predicted molar refractivity (Wildman–Crippen MR) is 104 cm³/mol. The van der Waals surface area contributed by atoms with Gasteiger partial charge >= 0.3 is 0 Å². The molecule has 1 amide bonds. The van der Waals surface area contributed by atoms with Crippen LogP contribution in [-0.4, -0.2) is 18.7 Å². The third kappa shape index (κ3) is 5.05. The van der Waals surface area contributed by atoms with Crippen LogP contribution in [0.5, 0.6) is 5.75 Å². The number of hydrazone groups is 1. The summed E-state index contributed by atoms with van der Waals surface area (Å²) in [5, 5.41) is 3.94. The highest BCUT2D eigenvalue weighted by Gasteiger charge is 2.02. The minimum absolute atomic E-state index is 0.0875. The Morgan fingerprint density at radius 1 is 0.962 bits per heavy atom. The number of carbonyl (C=O) groups is 1. The molecule has 0 unspecified atom stereocenters. The van der Waals surface area contributed by atoms with Crippen molar-refractivity contribution in [2.45, 2.75) is 6.92 Å². The molecule has 0 saturated carbocycles. The van der Waals surface area contributed by atoms with E-state index >= 15 is 0 Å². The van der Waals surface area contributed by atoms with E-state index in [9.17, 15) is 4.79 Å². The molecular weight excluding hydrogens is 324 g/mol. The molecule has 4 nitrogen and oxygen atoms in total. The van der Waals surface area contributed by atoms with Crippen LogP contribution >= 0.6 is 0 Å². The minimum Gasteiger partial charge on any atom is -0.484 e. The quantitative estimate of drug-likeness (QED) is 0.538. The molecule has 3 aromatic rings. The van der Waals surface area contributed by atoms with E-state index in [0.717, 1.165) is 22.3 Å². The second-order valence-corrected chi connectivity index (χ2v) is 5.89. The summed E-state index contributed by atoms with van der Waals surface area (Å²) in [6.45, 7) is 1.92. The zero-order valence-corrected chi connectivity index (χ0v) is 14.6. The van der Waals surface area contributed by atoms with Crippen LogP contribution < -0.4 is 10.2 Å². The molecule has 0 spiro atoms. The minimum atomic E-state index is -0.305. The summed E-state index contributed by atoms with van der Waals surface area (Å²) in [7, 11) is 0. The van der Waals surface area contributed by atoms with Gasteiger partial charge in [0.05, 0.1) is 6.21 Å². The second kappa shape index (κ2) is 8.62. The number of hydrogen-bond donors (Lipinski definition) is 1. The summed E-state index contributed by atoms with van der Waals surface area (Å²) in [6.07, 6.45) is 1.61. The van der Waals surface area contributed by atoms with Gasteiger partial charge in [-0.2, -0.15) is 5.10 Å². The van der Waals surface area contributed by atoms with Crippen LogP contribution in [0.4, 0.5) is 0 Å². The van der Waals surface area contributed by atoms with Crippen molar-refractivity contribution >= 4 is 12.1 Å². The van der Waals surface area contributed by atoms with Crippen molar-refractivity contribution < 1.29 is 9.53 Å². The Kier molecular flexibility index (Phi) is 5.78. The summed E-state index contributed by atoms with van der Waals surface area (Å²) in [4.78, 5) is 11.8. The zero-order chi connectivity index (χ0) is 18.2. The van der Waals surface area contributed by atoms with Crippen molar-refractivity contribution in [3.8, 4) is 16.9 Å². The van der Waals surface area contributed by atoms with Gasteiger partial charge in [0.1, 0.15) is 5.75 Å². The van der Waals surface area contributed by atoms with E-state index in [2.05, 4.69) is 22.7 Å². The lowest BCUT2D eigenvalue weighted by molar-refractivity contribution is -0.123.